The first-order valence-electron chi connectivity index (χ1n) is 5.49. The van der Waals surface area contributed by atoms with E-state index in [-0.39, 0.29) is 25.2 Å². The van der Waals surface area contributed by atoms with Crippen LogP contribution in [0, 0.1) is 5.92 Å². The molecule has 0 heterocycles. The number of Topliss-reactive ketones (excluding diaryl/α,β-unsaturated/α-hetero) is 2. The second-order valence-electron chi connectivity index (χ2n) is 4.54. The number of ketones is 2. The maximum atomic E-state index is 11.4. The van der Waals surface area contributed by atoms with Crippen LogP contribution in [-0.4, -0.2) is 34.8 Å². The minimum absolute atomic E-state index is 0.00406. The van der Waals surface area contributed by atoms with Crippen molar-refractivity contribution in [2.24, 2.45) is 5.92 Å². The summed E-state index contributed by atoms with van der Waals surface area (Å²) in [5.41, 5.74) is -1.47. The molecule has 5 heteroatoms. The Labute approximate surface area is 100 Å². The molecule has 0 saturated heterocycles. The van der Waals surface area contributed by atoms with Crippen molar-refractivity contribution in [2.75, 3.05) is 0 Å². The van der Waals surface area contributed by atoms with E-state index in [1.54, 1.807) is 6.92 Å². The van der Waals surface area contributed by atoms with Gasteiger partial charge in [-0.2, -0.15) is 0 Å². The molecule has 0 aromatic rings. The molecule has 0 rings (SSSR count). The van der Waals surface area contributed by atoms with Crippen LogP contribution in [0.5, 0.6) is 0 Å². The van der Waals surface area contributed by atoms with Crippen molar-refractivity contribution in [3.63, 3.8) is 0 Å². The van der Waals surface area contributed by atoms with Gasteiger partial charge in [0.05, 0.1) is 5.60 Å². The zero-order valence-corrected chi connectivity index (χ0v) is 10.1. The Balaban J connectivity index is 4.18. The lowest BCUT2D eigenvalue weighted by atomic mass is 9.93. The molecule has 0 aliphatic carbocycles. The molecular formula is C12H18O5. The van der Waals surface area contributed by atoms with E-state index in [1.165, 1.54) is 6.92 Å². The zero-order chi connectivity index (χ0) is 13.5. The number of hydrogen-bond donors (Lipinski definition) is 1. The average Bonchev–Trinajstić information content (AvgIpc) is 2.24. The molecule has 0 aliphatic rings. The number of aldehydes is 2. The summed E-state index contributed by atoms with van der Waals surface area (Å²) >= 11 is 0. The van der Waals surface area contributed by atoms with Gasteiger partial charge < -0.3 is 14.7 Å². The average molecular weight is 242 g/mol. The third-order valence-electron chi connectivity index (χ3n) is 2.43. The van der Waals surface area contributed by atoms with Gasteiger partial charge in [0.25, 0.3) is 0 Å². The van der Waals surface area contributed by atoms with E-state index in [1.807, 2.05) is 0 Å². The predicted octanol–water partition coefficient (Wildman–Crippen LogP) is 0.470. The van der Waals surface area contributed by atoms with Gasteiger partial charge in [-0.05, 0) is 13.3 Å². The van der Waals surface area contributed by atoms with Crippen molar-refractivity contribution in [1.82, 2.24) is 0 Å². The summed E-state index contributed by atoms with van der Waals surface area (Å²) in [5.74, 6) is -1.57. The maximum Gasteiger partial charge on any atom is 0.201 e. The molecule has 0 fully saturated rings. The van der Waals surface area contributed by atoms with Gasteiger partial charge in [0.15, 0.2) is 5.78 Å². The highest BCUT2D eigenvalue weighted by atomic mass is 16.3. The Kier molecular flexibility index (Phi) is 6.50. The molecular weight excluding hydrogens is 224 g/mol. The van der Waals surface area contributed by atoms with Crippen LogP contribution in [0.2, 0.25) is 0 Å². The van der Waals surface area contributed by atoms with Crippen LogP contribution in [0.1, 0.15) is 39.5 Å². The van der Waals surface area contributed by atoms with Gasteiger partial charge in [-0.25, -0.2) is 0 Å². The van der Waals surface area contributed by atoms with Crippen molar-refractivity contribution in [3.8, 4) is 0 Å². The van der Waals surface area contributed by atoms with E-state index < -0.39 is 17.2 Å². The normalized spacial score (nSPS) is 15.7. The topological polar surface area (TPSA) is 88.5 Å². The first kappa shape index (κ1) is 15.6. The van der Waals surface area contributed by atoms with Gasteiger partial charge in [0.1, 0.15) is 12.6 Å². The Morgan fingerprint density at radius 2 is 1.88 bits per heavy atom. The van der Waals surface area contributed by atoms with Crippen LogP contribution >= 0.6 is 0 Å². The van der Waals surface area contributed by atoms with Gasteiger partial charge in [0, 0.05) is 25.2 Å². The molecule has 0 radical (unpaired) electrons. The third kappa shape index (κ3) is 6.73. The van der Waals surface area contributed by atoms with Crippen LogP contribution in [-0.2, 0) is 19.2 Å². The zero-order valence-electron chi connectivity index (χ0n) is 10.1. The van der Waals surface area contributed by atoms with Crippen LogP contribution in [0.4, 0.5) is 0 Å². The number of rotatable bonds is 9. The van der Waals surface area contributed by atoms with Crippen LogP contribution < -0.4 is 0 Å². The molecule has 96 valence electrons. The second-order valence-corrected chi connectivity index (χ2v) is 4.54. The maximum absolute atomic E-state index is 11.4. The molecule has 17 heavy (non-hydrogen) atoms. The van der Waals surface area contributed by atoms with Gasteiger partial charge in [-0.3, -0.25) is 9.59 Å². The summed E-state index contributed by atoms with van der Waals surface area (Å²) in [7, 11) is 0. The highest BCUT2D eigenvalue weighted by Crippen LogP contribution is 2.14. The van der Waals surface area contributed by atoms with Crippen LogP contribution in [0.25, 0.3) is 0 Å². The Morgan fingerprint density at radius 3 is 2.35 bits per heavy atom. The Bertz CT molecular complexity index is 306. The Hall–Kier alpha value is -1.36. The van der Waals surface area contributed by atoms with Gasteiger partial charge in [0.2, 0.25) is 5.78 Å². The summed E-state index contributed by atoms with van der Waals surface area (Å²) in [6, 6.07) is 0. The quantitative estimate of drug-likeness (QED) is 0.469. The van der Waals surface area contributed by atoms with Crippen molar-refractivity contribution in [3.05, 3.63) is 0 Å². The van der Waals surface area contributed by atoms with E-state index in [4.69, 9.17) is 0 Å². The van der Waals surface area contributed by atoms with Gasteiger partial charge >= 0.3 is 0 Å². The largest absolute Gasteiger partial charge is 0.389 e. The molecule has 0 amide bonds. The SMILES string of the molecule is CC(C=O)CCC(=O)C(=O)CC(C)(O)CC=O. The van der Waals surface area contributed by atoms with E-state index >= 15 is 0 Å². The van der Waals surface area contributed by atoms with E-state index in [0.717, 1.165) is 6.29 Å². The molecule has 2 atom stereocenters. The number of aliphatic hydroxyl groups is 1. The molecule has 0 bridgehead atoms. The predicted molar refractivity (Wildman–Crippen MR) is 60.4 cm³/mol. The minimum Gasteiger partial charge on any atom is -0.389 e. The molecule has 1 N–H and O–H groups in total. The minimum atomic E-state index is -1.47. The van der Waals surface area contributed by atoms with Crippen LogP contribution in [0.3, 0.4) is 0 Å². The summed E-state index contributed by atoms with van der Waals surface area (Å²) in [6.45, 7) is 2.99. The van der Waals surface area contributed by atoms with Gasteiger partial charge in [-0.1, -0.05) is 6.92 Å². The molecule has 0 saturated carbocycles. The first-order chi connectivity index (χ1) is 7.82. The standard InChI is InChI=1S/C12H18O5/c1-9(8-14)3-4-10(15)11(16)7-12(2,17)5-6-13/h6,8-9,17H,3-5,7H2,1-2H3. The highest BCUT2D eigenvalue weighted by molar-refractivity contribution is 6.37. The molecule has 0 aliphatic heterocycles. The van der Waals surface area contributed by atoms with Crippen LogP contribution in [0.15, 0.2) is 0 Å². The second kappa shape index (κ2) is 7.06. The summed E-state index contributed by atoms with van der Waals surface area (Å²) < 4.78 is 0. The molecule has 0 aromatic heterocycles. The lowest BCUT2D eigenvalue weighted by Crippen LogP contribution is -2.31. The number of carbonyl (C=O) groups is 4. The van der Waals surface area contributed by atoms with Crippen molar-refractivity contribution < 1.29 is 24.3 Å². The molecule has 0 aromatic carbocycles. The lowest BCUT2D eigenvalue weighted by molar-refractivity contribution is -0.140. The smallest absolute Gasteiger partial charge is 0.201 e. The fraction of sp³-hybridized carbons (Fsp3) is 0.667. The summed E-state index contributed by atoms with van der Waals surface area (Å²) in [4.78, 5) is 43.4. The van der Waals surface area contributed by atoms with E-state index in [9.17, 15) is 24.3 Å². The molecule has 2 unspecified atom stereocenters. The van der Waals surface area contributed by atoms with E-state index in [2.05, 4.69) is 0 Å². The Morgan fingerprint density at radius 1 is 1.29 bits per heavy atom. The monoisotopic (exact) mass is 242 g/mol. The van der Waals surface area contributed by atoms with Crippen molar-refractivity contribution in [2.45, 2.75) is 45.1 Å². The summed E-state index contributed by atoms with van der Waals surface area (Å²) in [6.07, 6.45) is 1.00. The molecule has 5 nitrogen and oxygen atoms in total. The number of carbonyl (C=O) groups excluding carboxylic acids is 4. The third-order valence-corrected chi connectivity index (χ3v) is 2.43. The molecule has 0 spiro atoms. The van der Waals surface area contributed by atoms with Crippen molar-refractivity contribution in [1.29, 1.82) is 0 Å². The fourth-order valence-corrected chi connectivity index (χ4v) is 1.26. The van der Waals surface area contributed by atoms with E-state index in [0.29, 0.717) is 12.7 Å². The fourth-order valence-electron chi connectivity index (χ4n) is 1.26. The van der Waals surface area contributed by atoms with Crippen molar-refractivity contribution >= 4 is 24.1 Å². The summed E-state index contributed by atoms with van der Waals surface area (Å²) in [5, 5.41) is 9.60. The lowest BCUT2D eigenvalue weighted by Gasteiger charge is -2.18. The van der Waals surface area contributed by atoms with Gasteiger partial charge in [-0.15, -0.1) is 0 Å². The number of hydrogen-bond acceptors (Lipinski definition) is 5. The highest BCUT2D eigenvalue weighted by Gasteiger charge is 2.27. The first-order valence-corrected chi connectivity index (χ1v) is 5.49.